The highest BCUT2D eigenvalue weighted by Crippen LogP contribution is 2.29. The van der Waals surface area contributed by atoms with Crippen molar-refractivity contribution in [3.05, 3.63) is 90.5 Å². The first-order valence-corrected chi connectivity index (χ1v) is 10.7. The summed E-state index contributed by atoms with van der Waals surface area (Å²) >= 11 is 1.51. The molecule has 0 fully saturated rings. The third-order valence-electron chi connectivity index (χ3n) is 4.68. The molecule has 8 heteroatoms. The number of aryl methyl sites for hydroxylation is 1. The van der Waals surface area contributed by atoms with E-state index in [1.165, 1.54) is 17.3 Å². The summed E-state index contributed by atoms with van der Waals surface area (Å²) in [6, 6.07) is 21.9. The Bertz CT molecular complexity index is 1280. The van der Waals surface area contributed by atoms with Crippen LogP contribution in [-0.2, 0) is 5.75 Å². The fraction of sp³-hybridized carbons (Fsp3) is 0.0870. The van der Waals surface area contributed by atoms with Gasteiger partial charge in [-0.25, -0.2) is 0 Å². The van der Waals surface area contributed by atoms with E-state index in [9.17, 15) is 0 Å². The molecule has 0 aliphatic heterocycles. The van der Waals surface area contributed by atoms with Crippen LogP contribution >= 0.6 is 11.8 Å². The summed E-state index contributed by atoms with van der Waals surface area (Å²) in [6.45, 7) is 2.07. The van der Waals surface area contributed by atoms with Gasteiger partial charge >= 0.3 is 0 Å². The third-order valence-corrected chi connectivity index (χ3v) is 5.61. The molecule has 0 unspecified atom stereocenters. The van der Waals surface area contributed by atoms with E-state index < -0.39 is 0 Å². The zero-order valence-corrected chi connectivity index (χ0v) is 17.5. The summed E-state index contributed by atoms with van der Waals surface area (Å²) in [6.07, 6.45) is 3.50. The molecule has 3 aromatic heterocycles. The Morgan fingerprint density at radius 2 is 1.65 bits per heavy atom. The van der Waals surface area contributed by atoms with Gasteiger partial charge in [-0.05, 0) is 43.3 Å². The fourth-order valence-electron chi connectivity index (χ4n) is 3.12. The van der Waals surface area contributed by atoms with E-state index in [1.807, 2.05) is 47.0 Å². The lowest BCUT2D eigenvalue weighted by molar-refractivity contribution is 0.425. The predicted molar refractivity (Wildman–Crippen MR) is 119 cm³/mol. The lowest BCUT2D eigenvalue weighted by Gasteiger charge is -2.10. The summed E-state index contributed by atoms with van der Waals surface area (Å²) in [5.74, 6) is 2.38. The number of aromatic nitrogens is 6. The number of nitrogens with zero attached hydrogens (tertiary/aromatic N) is 6. The van der Waals surface area contributed by atoms with Gasteiger partial charge < -0.3 is 4.52 Å². The number of hydrogen-bond donors (Lipinski definition) is 0. The van der Waals surface area contributed by atoms with Crippen LogP contribution in [-0.4, -0.2) is 29.9 Å². The summed E-state index contributed by atoms with van der Waals surface area (Å²) in [5.41, 5.74) is 4.02. The molecule has 7 nitrogen and oxygen atoms in total. The second kappa shape index (κ2) is 8.53. The second-order valence-electron chi connectivity index (χ2n) is 6.88. The van der Waals surface area contributed by atoms with Crippen molar-refractivity contribution in [1.29, 1.82) is 0 Å². The highest BCUT2D eigenvalue weighted by molar-refractivity contribution is 7.98. The van der Waals surface area contributed by atoms with Gasteiger partial charge in [-0.1, -0.05) is 52.8 Å². The molecule has 0 amide bonds. The monoisotopic (exact) mass is 426 g/mol. The minimum atomic E-state index is 0.508. The smallest absolute Gasteiger partial charge is 0.257 e. The minimum Gasteiger partial charge on any atom is -0.334 e. The molecule has 0 radical (unpaired) electrons. The summed E-state index contributed by atoms with van der Waals surface area (Å²) in [4.78, 5) is 8.62. The molecule has 31 heavy (non-hydrogen) atoms. The van der Waals surface area contributed by atoms with E-state index >= 15 is 0 Å². The Balaban J connectivity index is 1.45. The average Bonchev–Trinajstić information content (AvgIpc) is 3.47. The van der Waals surface area contributed by atoms with Gasteiger partial charge in [-0.2, -0.15) is 4.98 Å². The standard InChI is InChI=1S/C23H18N6OS/c1-16-7-9-19(10-8-16)29-21(17-11-13-24-14-12-17)26-27-23(29)31-15-20-25-22(30-28-20)18-5-3-2-4-6-18/h2-14H,15H2,1H3. The van der Waals surface area contributed by atoms with Gasteiger partial charge in [0.25, 0.3) is 5.89 Å². The maximum atomic E-state index is 5.42. The Hall–Kier alpha value is -3.78. The molecular formula is C23H18N6OS. The van der Waals surface area contributed by atoms with Crippen LogP contribution in [0.4, 0.5) is 0 Å². The van der Waals surface area contributed by atoms with Crippen LogP contribution in [0.25, 0.3) is 28.5 Å². The number of hydrogen-bond acceptors (Lipinski definition) is 7. The molecular weight excluding hydrogens is 408 g/mol. The molecule has 3 heterocycles. The quantitative estimate of drug-likeness (QED) is 0.354. The first-order chi connectivity index (χ1) is 15.3. The van der Waals surface area contributed by atoms with Crippen molar-refractivity contribution in [2.24, 2.45) is 0 Å². The molecule has 0 spiro atoms. The molecule has 2 aromatic carbocycles. The van der Waals surface area contributed by atoms with Crippen LogP contribution in [0.5, 0.6) is 0 Å². The topological polar surface area (TPSA) is 82.5 Å². The van der Waals surface area contributed by atoms with E-state index in [2.05, 4.69) is 56.5 Å². The van der Waals surface area contributed by atoms with Crippen molar-refractivity contribution >= 4 is 11.8 Å². The highest BCUT2D eigenvalue weighted by atomic mass is 32.2. The molecule has 0 aliphatic carbocycles. The van der Waals surface area contributed by atoms with Gasteiger partial charge in [-0.15, -0.1) is 10.2 Å². The van der Waals surface area contributed by atoms with Crippen molar-refractivity contribution in [1.82, 2.24) is 29.9 Å². The molecule has 0 N–H and O–H groups in total. The number of rotatable bonds is 6. The van der Waals surface area contributed by atoms with Gasteiger partial charge in [0.05, 0.1) is 5.75 Å². The van der Waals surface area contributed by atoms with E-state index in [1.54, 1.807) is 12.4 Å². The van der Waals surface area contributed by atoms with E-state index in [-0.39, 0.29) is 0 Å². The number of thioether (sulfide) groups is 1. The number of benzene rings is 2. The van der Waals surface area contributed by atoms with Gasteiger partial charge in [0, 0.05) is 29.2 Å². The van der Waals surface area contributed by atoms with E-state index in [0.717, 1.165) is 27.8 Å². The van der Waals surface area contributed by atoms with Gasteiger partial charge in [0.1, 0.15) is 0 Å². The molecule has 5 aromatic rings. The maximum absolute atomic E-state index is 5.42. The Kier molecular flexibility index (Phi) is 5.28. The molecule has 152 valence electrons. The van der Waals surface area contributed by atoms with Crippen molar-refractivity contribution in [3.8, 4) is 28.5 Å². The predicted octanol–water partition coefficient (Wildman–Crippen LogP) is 4.98. The lowest BCUT2D eigenvalue weighted by Crippen LogP contribution is -2.00. The Morgan fingerprint density at radius 1 is 0.871 bits per heavy atom. The van der Waals surface area contributed by atoms with Gasteiger partial charge in [0.15, 0.2) is 16.8 Å². The first-order valence-electron chi connectivity index (χ1n) is 9.71. The largest absolute Gasteiger partial charge is 0.334 e. The normalized spacial score (nSPS) is 11.0. The van der Waals surface area contributed by atoms with Crippen molar-refractivity contribution < 1.29 is 4.52 Å². The summed E-state index contributed by atoms with van der Waals surface area (Å²) < 4.78 is 7.46. The maximum Gasteiger partial charge on any atom is 0.257 e. The van der Waals surface area contributed by atoms with Crippen LogP contribution in [0.15, 0.2) is 88.8 Å². The van der Waals surface area contributed by atoms with Crippen LogP contribution in [0, 0.1) is 6.92 Å². The van der Waals surface area contributed by atoms with Crippen LogP contribution in [0.1, 0.15) is 11.4 Å². The van der Waals surface area contributed by atoms with Crippen molar-refractivity contribution in [2.75, 3.05) is 0 Å². The summed E-state index contributed by atoms with van der Waals surface area (Å²) in [5, 5.41) is 13.8. The van der Waals surface area contributed by atoms with Crippen LogP contribution in [0.3, 0.4) is 0 Å². The van der Waals surface area contributed by atoms with Gasteiger partial charge in [0.2, 0.25) is 0 Å². The molecule has 0 bridgehead atoms. The Labute approximate surface area is 183 Å². The van der Waals surface area contributed by atoms with Crippen LogP contribution < -0.4 is 0 Å². The third kappa shape index (κ3) is 4.10. The molecule has 5 rings (SSSR count). The zero-order chi connectivity index (χ0) is 21.0. The molecule has 0 saturated carbocycles. The average molecular weight is 427 g/mol. The van der Waals surface area contributed by atoms with Crippen LogP contribution in [0.2, 0.25) is 0 Å². The molecule has 0 aliphatic rings. The summed E-state index contributed by atoms with van der Waals surface area (Å²) in [7, 11) is 0. The van der Waals surface area contributed by atoms with E-state index in [0.29, 0.717) is 17.5 Å². The second-order valence-corrected chi connectivity index (χ2v) is 7.83. The SMILES string of the molecule is Cc1ccc(-n2c(SCc3noc(-c4ccccc4)n3)nnc2-c2ccncc2)cc1. The fourth-order valence-corrected chi connectivity index (χ4v) is 3.91. The highest BCUT2D eigenvalue weighted by Gasteiger charge is 2.17. The minimum absolute atomic E-state index is 0.508. The first kappa shape index (κ1) is 19.2. The molecule has 0 saturated heterocycles. The van der Waals surface area contributed by atoms with Crippen molar-refractivity contribution in [2.45, 2.75) is 17.8 Å². The molecule has 0 atom stereocenters. The van der Waals surface area contributed by atoms with Crippen molar-refractivity contribution in [3.63, 3.8) is 0 Å². The zero-order valence-electron chi connectivity index (χ0n) is 16.7. The van der Waals surface area contributed by atoms with E-state index in [4.69, 9.17) is 4.52 Å². The Morgan fingerprint density at radius 3 is 2.42 bits per heavy atom. The number of pyridine rings is 1. The lowest BCUT2D eigenvalue weighted by atomic mass is 10.2. The van der Waals surface area contributed by atoms with Gasteiger partial charge in [-0.3, -0.25) is 9.55 Å².